The molecule has 0 bridgehead atoms. The first kappa shape index (κ1) is 13.9. The molecule has 1 aromatic rings. The van der Waals surface area contributed by atoms with E-state index in [4.69, 9.17) is 10.5 Å². The van der Waals surface area contributed by atoms with E-state index in [0.29, 0.717) is 11.3 Å². The summed E-state index contributed by atoms with van der Waals surface area (Å²) in [6.45, 7) is 5.71. The van der Waals surface area contributed by atoms with Crippen LogP contribution in [0.3, 0.4) is 0 Å². The Morgan fingerprint density at radius 3 is 2.74 bits per heavy atom. The van der Waals surface area contributed by atoms with Gasteiger partial charge in [-0.15, -0.1) is 0 Å². The molecule has 4 nitrogen and oxygen atoms in total. The summed E-state index contributed by atoms with van der Waals surface area (Å²) >= 11 is 0. The number of amides is 1. The van der Waals surface area contributed by atoms with Crippen molar-refractivity contribution in [2.45, 2.75) is 39.3 Å². The highest BCUT2D eigenvalue weighted by Gasteiger charge is 2.20. The fourth-order valence-corrected chi connectivity index (χ4v) is 1.99. The molecule has 1 amide bonds. The van der Waals surface area contributed by atoms with Crippen molar-refractivity contribution < 1.29 is 9.53 Å². The van der Waals surface area contributed by atoms with Gasteiger partial charge in [0.05, 0.1) is 6.10 Å². The molecule has 0 unspecified atom stereocenters. The molecule has 0 radical (unpaired) electrons. The second-order valence-electron chi connectivity index (χ2n) is 5.47. The van der Waals surface area contributed by atoms with E-state index < -0.39 is 5.91 Å². The Morgan fingerprint density at radius 1 is 1.42 bits per heavy atom. The maximum absolute atomic E-state index is 11.3. The van der Waals surface area contributed by atoms with Crippen molar-refractivity contribution in [1.82, 2.24) is 5.32 Å². The molecule has 1 saturated carbocycles. The van der Waals surface area contributed by atoms with Gasteiger partial charge < -0.3 is 15.8 Å². The molecule has 0 saturated heterocycles. The molecule has 19 heavy (non-hydrogen) atoms. The molecule has 1 fully saturated rings. The zero-order valence-electron chi connectivity index (χ0n) is 11.6. The predicted octanol–water partition coefficient (Wildman–Crippen LogP) is 2.07. The lowest BCUT2D eigenvalue weighted by Crippen LogP contribution is -2.18. The first-order valence-corrected chi connectivity index (χ1v) is 6.85. The molecule has 0 heterocycles. The summed E-state index contributed by atoms with van der Waals surface area (Å²) in [4.78, 5) is 11.3. The maximum Gasteiger partial charge on any atom is 0.248 e. The number of carbonyl (C=O) groups excluding carboxylic acids is 1. The topological polar surface area (TPSA) is 64.3 Å². The van der Waals surface area contributed by atoms with E-state index in [-0.39, 0.29) is 6.10 Å². The largest absolute Gasteiger partial charge is 0.491 e. The Labute approximate surface area is 114 Å². The summed E-state index contributed by atoms with van der Waals surface area (Å²) in [5.74, 6) is 1.12. The number of hydrogen-bond donors (Lipinski definition) is 2. The molecule has 4 heteroatoms. The van der Waals surface area contributed by atoms with Gasteiger partial charge in [0.15, 0.2) is 0 Å². The fraction of sp³-hybridized carbons (Fsp3) is 0.533. The summed E-state index contributed by atoms with van der Waals surface area (Å²) in [7, 11) is 0. The van der Waals surface area contributed by atoms with Crippen molar-refractivity contribution >= 4 is 5.91 Å². The van der Waals surface area contributed by atoms with Crippen LogP contribution in [0.5, 0.6) is 5.75 Å². The van der Waals surface area contributed by atoms with Gasteiger partial charge in [-0.3, -0.25) is 4.79 Å². The fourth-order valence-electron chi connectivity index (χ4n) is 1.99. The van der Waals surface area contributed by atoms with Gasteiger partial charge in [-0.25, -0.2) is 0 Å². The molecule has 1 aliphatic carbocycles. The summed E-state index contributed by atoms with van der Waals surface area (Å²) < 4.78 is 5.65. The molecule has 1 aromatic carbocycles. The van der Waals surface area contributed by atoms with Gasteiger partial charge in [0.1, 0.15) is 5.75 Å². The van der Waals surface area contributed by atoms with Crippen molar-refractivity contribution in [3.8, 4) is 5.75 Å². The minimum atomic E-state index is -0.419. The number of nitrogens with one attached hydrogen (secondary N) is 1. The zero-order valence-corrected chi connectivity index (χ0v) is 11.6. The lowest BCUT2D eigenvalue weighted by Gasteiger charge is -2.13. The molecular weight excluding hydrogens is 240 g/mol. The lowest BCUT2D eigenvalue weighted by molar-refractivity contribution is 0.0999. The van der Waals surface area contributed by atoms with Gasteiger partial charge in [0, 0.05) is 12.1 Å². The quantitative estimate of drug-likeness (QED) is 0.790. The summed E-state index contributed by atoms with van der Waals surface area (Å²) in [5.41, 5.74) is 6.89. The number of ether oxygens (including phenoxy) is 1. The minimum Gasteiger partial charge on any atom is -0.491 e. The van der Waals surface area contributed by atoms with E-state index in [2.05, 4.69) is 5.32 Å². The van der Waals surface area contributed by atoms with E-state index in [0.717, 1.165) is 24.6 Å². The number of rotatable bonds is 7. The van der Waals surface area contributed by atoms with Crippen LogP contribution in [0, 0.1) is 5.92 Å². The number of nitrogens with two attached hydrogens (primary N) is 1. The summed E-state index contributed by atoms with van der Waals surface area (Å²) in [6, 6.07) is 5.49. The monoisotopic (exact) mass is 262 g/mol. The Hall–Kier alpha value is -1.55. The van der Waals surface area contributed by atoms with Gasteiger partial charge in [0.25, 0.3) is 0 Å². The maximum atomic E-state index is 11.3. The van der Waals surface area contributed by atoms with Crippen molar-refractivity contribution in [3.63, 3.8) is 0 Å². The van der Waals surface area contributed by atoms with Crippen molar-refractivity contribution in [2.24, 2.45) is 11.7 Å². The summed E-state index contributed by atoms with van der Waals surface area (Å²) in [5, 5.41) is 3.40. The third-order valence-corrected chi connectivity index (χ3v) is 3.08. The van der Waals surface area contributed by atoms with Crippen molar-refractivity contribution in [2.75, 3.05) is 6.54 Å². The standard InChI is InChI=1S/C15H22N2O2/c1-10(2)19-14-6-12(5-13(7-14)15(16)18)9-17-8-11-3-4-11/h5-7,10-11,17H,3-4,8-9H2,1-2H3,(H2,16,18). The van der Waals surface area contributed by atoms with Crippen LogP contribution in [0.4, 0.5) is 0 Å². The van der Waals surface area contributed by atoms with E-state index >= 15 is 0 Å². The Kier molecular flexibility index (Phi) is 4.43. The van der Waals surface area contributed by atoms with Gasteiger partial charge in [-0.1, -0.05) is 0 Å². The third-order valence-electron chi connectivity index (χ3n) is 3.08. The van der Waals surface area contributed by atoms with Gasteiger partial charge >= 0.3 is 0 Å². The first-order valence-electron chi connectivity index (χ1n) is 6.85. The number of carbonyl (C=O) groups is 1. The van der Waals surface area contributed by atoms with Crippen LogP contribution in [0.1, 0.15) is 42.6 Å². The smallest absolute Gasteiger partial charge is 0.248 e. The Bertz CT molecular complexity index is 453. The normalized spacial score (nSPS) is 14.7. The van der Waals surface area contributed by atoms with Gasteiger partial charge in [-0.2, -0.15) is 0 Å². The SMILES string of the molecule is CC(C)Oc1cc(CNCC2CC2)cc(C(N)=O)c1. The predicted molar refractivity (Wildman–Crippen MR) is 75.2 cm³/mol. The lowest BCUT2D eigenvalue weighted by atomic mass is 10.1. The Balaban J connectivity index is 2.05. The van der Waals surface area contributed by atoms with Crippen molar-refractivity contribution in [1.29, 1.82) is 0 Å². The van der Waals surface area contributed by atoms with E-state index in [1.165, 1.54) is 12.8 Å². The van der Waals surface area contributed by atoms with Crippen LogP contribution in [0.15, 0.2) is 18.2 Å². The van der Waals surface area contributed by atoms with Crippen molar-refractivity contribution in [3.05, 3.63) is 29.3 Å². The van der Waals surface area contributed by atoms with Crippen LogP contribution in [-0.2, 0) is 6.54 Å². The molecule has 0 spiro atoms. The highest BCUT2D eigenvalue weighted by Crippen LogP contribution is 2.27. The first-order chi connectivity index (χ1) is 9.04. The van der Waals surface area contributed by atoms with Crippen LogP contribution in [0.2, 0.25) is 0 Å². The third kappa shape index (κ3) is 4.56. The van der Waals surface area contributed by atoms with Crippen LogP contribution in [-0.4, -0.2) is 18.6 Å². The molecule has 1 aliphatic rings. The van der Waals surface area contributed by atoms with Crippen LogP contribution >= 0.6 is 0 Å². The number of primary amides is 1. The molecule has 3 N–H and O–H groups in total. The summed E-state index contributed by atoms with van der Waals surface area (Å²) in [6.07, 6.45) is 2.74. The highest BCUT2D eigenvalue weighted by atomic mass is 16.5. The molecular formula is C15H22N2O2. The second-order valence-corrected chi connectivity index (χ2v) is 5.47. The van der Waals surface area contributed by atoms with Gasteiger partial charge in [-0.05, 0) is 62.9 Å². The molecule has 0 aromatic heterocycles. The molecule has 0 aliphatic heterocycles. The average molecular weight is 262 g/mol. The molecule has 0 atom stereocenters. The van der Waals surface area contributed by atoms with Crippen LogP contribution in [0.25, 0.3) is 0 Å². The average Bonchev–Trinajstić information content (AvgIpc) is 3.11. The molecule has 104 valence electrons. The highest BCUT2D eigenvalue weighted by molar-refractivity contribution is 5.93. The van der Waals surface area contributed by atoms with Crippen LogP contribution < -0.4 is 15.8 Å². The zero-order chi connectivity index (χ0) is 13.8. The minimum absolute atomic E-state index is 0.0791. The van der Waals surface area contributed by atoms with E-state index in [1.807, 2.05) is 26.0 Å². The molecule has 2 rings (SSSR count). The Morgan fingerprint density at radius 2 is 2.16 bits per heavy atom. The number of hydrogen-bond acceptors (Lipinski definition) is 3. The van der Waals surface area contributed by atoms with E-state index in [1.54, 1.807) is 6.07 Å². The second kappa shape index (κ2) is 6.06. The number of benzene rings is 1. The van der Waals surface area contributed by atoms with Gasteiger partial charge in [0.2, 0.25) is 5.91 Å². The van der Waals surface area contributed by atoms with E-state index in [9.17, 15) is 4.79 Å².